The maximum atomic E-state index is 13.4. The number of hydrogen-bond donors (Lipinski definition) is 1. The van der Waals surface area contributed by atoms with Crippen molar-refractivity contribution in [3.63, 3.8) is 0 Å². The molecule has 1 aromatic heterocycles. The number of benzene rings is 3. The van der Waals surface area contributed by atoms with Crippen molar-refractivity contribution in [3.8, 4) is 11.5 Å². The number of halogens is 2. The molecule has 0 fully saturated rings. The first kappa shape index (κ1) is 28.5. The van der Waals surface area contributed by atoms with Gasteiger partial charge in [-0.3, -0.25) is 4.79 Å². The van der Waals surface area contributed by atoms with E-state index in [-0.39, 0.29) is 17.7 Å². The Bertz CT molecular complexity index is 1600. The number of aromatic carboxylic acids is 1. The molecule has 0 bridgehead atoms. The van der Waals surface area contributed by atoms with E-state index in [2.05, 4.69) is 43.9 Å². The van der Waals surface area contributed by atoms with E-state index in [4.69, 9.17) is 14.5 Å². The van der Waals surface area contributed by atoms with Crippen LogP contribution in [0.15, 0.2) is 73.4 Å². The lowest BCUT2D eigenvalue weighted by Crippen LogP contribution is -2.22. The van der Waals surface area contributed by atoms with Crippen LogP contribution >= 0.6 is 31.9 Å². The Kier molecular flexibility index (Phi) is 9.53. The lowest BCUT2D eigenvalue weighted by molar-refractivity contribution is 0.0696. The number of ether oxygens (including phenoxy) is 2. The summed E-state index contributed by atoms with van der Waals surface area (Å²) in [5.41, 5.74) is 1.99. The molecule has 39 heavy (non-hydrogen) atoms. The molecule has 202 valence electrons. The summed E-state index contributed by atoms with van der Waals surface area (Å²) in [5.74, 6) is 0.568. The number of nitrogens with zero attached hydrogens (tertiary/aromatic N) is 3. The van der Waals surface area contributed by atoms with Gasteiger partial charge < -0.3 is 14.6 Å². The largest absolute Gasteiger partial charge is 0.490 e. The van der Waals surface area contributed by atoms with Crippen LogP contribution in [0, 0.1) is 0 Å². The van der Waals surface area contributed by atoms with Gasteiger partial charge in [0.2, 0.25) is 0 Å². The van der Waals surface area contributed by atoms with Gasteiger partial charge in [-0.15, -0.1) is 0 Å². The summed E-state index contributed by atoms with van der Waals surface area (Å²) < 4.78 is 14.6. The predicted octanol–water partition coefficient (Wildman–Crippen LogP) is 6.82. The quantitative estimate of drug-likeness (QED) is 0.178. The molecule has 0 amide bonds. The van der Waals surface area contributed by atoms with E-state index in [1.807, 2.05) is 25.1 Å². The van der Waals surface area contributed by atoms with Gasteiger partial charge in [-0.2, -0.15) is 9.78 Å². The number of carbonyl (C=O) groups is 1. The van der Waals surface area contributed by atoms with Crippen LogP contribution in [0.5, 0.6) is 11.5 Å². The Morgan fingerprint density at radius 1 is 1.10 bits per heavy atom. The first-order valence-corrected chi connectivity index (χ1v) is 14.1. The molecule has 0 saturated heterocycles. The monoisotopic (exact) mass is 655 g/mol. The van der Waals surface area contributed by atoms with Crippen molar-refractivity contribution in [3.05, 3.63) is 96.4 Å². The molecule has 10 heteroatoms. The van der Waals surface area contributed by atoms with Crippen LogP contribution < -0.4 is 15.0 Å². The molecular weight excluding hydrogens is 630 g/mol. The van der Waals surface area contributed by atoms with E-state index < -0.39 is 5.97 Å². The predicted molar refractivity (Wildman–Crippen MR) is 158 cm³/mol. The lowest BCUT2D eigenvalue weighted by atomic mass is 10.1. The molecule has 1 heterocycles. The van der Waals surface area contributed by atoms with Gasteiger partial charge in [-0.25, -0.2) is 9.78 Å². The molecular formula is C29H27Br2N3O5. The second-order valence-electron chi connectivity index (χ2n) is 8.71. The Balaban J connectivity index is 1.67. The van der Waals surface area contributed by atoms with Crippen LogP contribution in [0.1, 0.15) is 54.0 Å². The molecule has 0 saturated carbocycles. The molecule has 0 aliphatic rings. The molecule has 0 unspecified atom stereocenters. The Labute approximate surface area is 242 Å². The fourth-order valence-electron chi connectivity index (χ4n) is 3.95. The van der Waals surface area contributed by atoms with Gasteiger partial charge in [0, 0.05) is 10.9 Å². The van der Waals surface area contributed by atoms with Gasteiger partial charge in [-0.1, -0.05) is 41.4 Å². The summed E-state index contributed by atoms with van der Waals surface area (Å²) in [5, 5.41) is 14.3. The number of hydrogen-bond acceptors (Lipinski definition) is 6. The first-order valence-electron chi connectivity index (χ1n) is 12.5. The second kappa shape index (κ2) is 13.0. The van der Waals surface area contributed by atoms with Gasteiger partial charge in [-0.05, 0) is 82.9 Å². The van der Waals surface area contributed by atoms with Gasteiger partial charge in [0.15, 0.2) is 11.5 Å². The van der Waals surface area contributed by atoms with Crippen LogP contribution in [0.25, 0.3) is 10.9 Å². The highest BCUT2D eigenvalue weighted by Gasteiger charge is 2.14. The van der Waals surface area contributed by atoms with E-state index >= 15 is 0 Å². The summed E-state index contributed by atoms with van der Waals surface area (Å²) in [6.07, 6.45) is 4.06. The molecule has 0 spiro atoms. The molecule has 1 N–H and O–H groups in total. The molecule has 0 atom stereocenters. The van der Waals surface area contributed by atoms with Crippen molar-refractivity contribution in [1.82, 2.24) is 9.66 Å². The van der Waals surface area contributed by atoms with Crippen molar-refractivity contribution in [2.24, 2.45) is 5.10 Å². The van der Waals surface area contributed by atoms with E-state index in [9.17, 15) is 14.7 Å². The minimum atomic E-state index is -0.997. The topological polar surface area (TPSA) is 103 Å². The zero-order chi connectivity index (χ0) is 27.9. The summed E-state index contributed by atoms with van der Waals surface area (Å²) in [4.78, 5) is 29.4. The van der Waals surface area contributed by atoms with Crippen molar-refractivity contribution in [2.75, 3.05) is 6.61 Å². The lowest BCUT2D eigenvalue weighted by Gasteiger charge is -2.15. The molecule has 3 aromatic carbocycles. The molecule has 0 aliphatic carbocycles. The minimum Gasteiger partial charge on any atom is -0.490 e. The van der Waals surface area contributed by atoms with Crippen molar-refractivity contribution >= 4 is 54.9 Å². The molecule has 0 aliphatic heterocycles. The fourth-order valence-corrected chi connectivity index (χ4v) is 4.89. The smallest absolute Gasteiger partial charge is 0.335 e. The van der Waals surface area contributed by atoms with Crippen LogP contribution in [0.4, 0.5) is 0 Å². The third-order valence-electron chi connectivity index (χ3n) is 5.84. The van der Waals surface area contributed by atoms with Crippen molar-refractivity contribution in [1.29, 1.82) is 0 Å². The highest BCUT2D eigenvalue weighted by Crippen LogP contribution is 2.37. The number of fused-ring (bicyclic) bond motifs is 1. The highest BCUT2D eigenvalue weighted by atomic mass is 79.9. The summed E-state index contributed by atoms with van der Waals surface area (Å²) >= 11 is 6.99. The Morgan fingerprint density at radius 2 is 1.92 bits per heavy atom. The average Bonchev–Trinajstić information content (AvgIpc) is 2.91. The maximum absolute atomic E-state index is 13.4. The third-order valence-corrected chi connectivity index (χ3v) is 6.92. The Morgan fingerprint density at radius 3 is 2.67 bits per heavy atom. The third kappa shape index (κ3) is 6.93. The van der Waals surface area contributed by atoms with Crippen molar-refractivity contribution < 1.29 is 19.4 Å². The highest BCUT2D eigenvalue weighted by molar-refractivity contribution is 9.10. The summed E-state index contributed by atoms with van der Waals surface area (Å²) in [6.45, 7) is 4.51. The normalized spacial score (nSPS) is 11.3. The number of carboxylic acid groups (broad SMARTS) is 1. The zero-order valence-electron chi connectivity index (χ0n) is 21.5. The van der Waals surface area contributed by atoms with E-state index in [0.717, 1.165) is 17.3 Å². The van der Waals surface area contributed by atoms with Gasteiger partial charge in [0.1, 0.15) is 12.4 Å². The van der Waals surface area contributed by atoms with Crippen LogP contribution in [0.3, 0.4) is 0 Å². The van der Waals surface area contributed by atoms with E-state index in [0.29, 0.717) is 56.9 Å². The number of aromatic nitrogens is 2. The zero-order valence-corrected chi connectivity index (χ0v) is 24.7. The molecule has 4 rings (SSSR count). The van der Waals surface area contributed by atoms with Gasteiger partial charge in [0.25, 0.3) is 5.56 Å². The summed E-state index contributed by atoms with van der Waals surface area (Å²) in [6, 6.07) is 15.6. The average molecular weight is 657 g/mol. The SMILES string of the molecule is CCCCc1nc2ccc(Br)cc2c(=O)n1N=Cc1cc(Br)c(OCc2cccc(C(=O)O)c2)c(OCC)c1. The van der Waals surface area contributed by atoms with E-state index in [1.165, 1.54) is 10.7 Å². The fraction of sp³-hybridized carbons (Fsp3) is 0.241. The number of aryl methyl sites for hydroxylation is 1. The van der Waals surface area contributed by atoms with Crippen LogP contribution in [-0.2, 0) is 13.0 Å². The van der Waals surface area contributed by atoms with Gasteiger partial charge >= 0.3 is 5.97 Å². The van der Waals surface area contributed by atoms with E-state index in [1.54, 1.807) is 36.5 Å². The molecule has 8 nitrogen and oxygen atoms in total. The van der Waals surface area contributed by atoms with Gasteiger partial charge in [0.05, 0.1) is 33.8 Å². The van der Waals surface area contributed by atoms with Crippen molar-refractivity contribution in [2.45, 2.75) is 39.7 Å². The summed E-state index contributed by atoms with van der Waals surface area (Å²) in [7, 11) is 0. The number of unbranched alkanes of at least 4 members (excludes halogenated alkanes) is 1. The minimum absolute atomic E-state index is 0.154. The number of carboxylic acids is 1. The maximum Gasteiger partial charge on any atom is 0.335 e. The second-order valence-corrected chi connectivity index (χ2v) is 10.5. The Hall–Kier alpha value is -3.50. The standard InChI is InChI=1S/C29H27Br2N3O5/c1-3-5-9-26-33-24-11-10-21(30)15-22(24)28(35)34(26)32-16-19-13-23(31)27(25(14-19)38-4-2)39-17-18-7-6-8-20(12-18)29(36)37/h6-8,10-16H,3-5,9,17H2,1-2H3,(H,36,37). The molecule has 0 radical (unpaired) electrons. The first-order chi connectivity index (χ1) is 18.8. The van der Waals surface area contributed by atoms with Crippen LogP contribution in [0.2, 0.25) is 0 Å². The van der Waals surface area contributed by atoms with Crippen LogP contribution in [-0.4, -0.2) is 33.6 Å². The number of rotatable bonds is 11. The molecule has 4 aromatic rings.